The van der Waals surface area contributed by atoms with Gasteiger partial charge in [-0.2, -0.15) is 0 Å². The smallest absolute Gasteiger partial charge is 0.196 e. The summed E-state index contributed by atoms with van der Waals surface area (Å²) in [7, 11) is 0. The molecule has 0 spiro atoms. The molecule has 0 bridgehead atoms. The molecule has 0 radical (unpaired) electrons. The number of hydrogen-bond donors (Lipinski definition) is 1. The molecule has 2 aromatic carbocycles. The maximum absolute atomic E-state index is 12.6. The lowest BCUT2D eigenvalue weighted by Crippen LogP contribution is -2.01. The fourth-order valence-corrected chi connectivity index (χ4v) is 2.86. The normalized spacial score (nSPS) is 10.9. The summed E-state index contributed by atoms with van der Waals surface area (Å²) in [5, 5.41) is 1.87. The van der Waals surface area contributed by atoms with Crippen molar-refractivity contribution in [2.75, 3.05) is 0 Å². The van der Waals surface area contributed by atoms with Gasteiger partial charge in [0.1, 0.15) is 0 Å². The van der Waals surface area contributed by atoms with Gasteiger partial charge < -0.3 is 4.98 Å². The zero-order valence-corrected chi connectivity index (χ0v) is 13.2. The summed E-state index contributed by atoms with van der Waals surface area (Å²) in [5.74, 6) is -0.120. The molecule has 1 N–H and O–H groups in total. The van der Waals surface area contributed by atoms with Gasteiger partial charge >= 0.3 is 0 Å². The van der Waals surface area contributed by atoms with Gasteiger partial charge in [-0.1, -0.05) is 35.3 Å². The average Bonchev–Trinajstić information content (AvgIpc) is 2.84. The van der Waals surface area contributed by atoms with Gasteiger partial charge in [0.15, 0.2) is 5.78 Å². The number of carbonyl (C=O) groups excluding carboxylic acids is 1. The van der Waals surface area contributed by atoms with Crippen LogP contribution in [-0.4, -0.2) is 10.8 Å². The number of carbonyl (C=O) groups is 1. The van der Waals surface area contributed by atoms with Crippen molar-refractivity contribution >= 4 is 55.8 Å². The summed E-state index contributed by atoms with van der Waals surface area (Å²) in [6.07, 6.45) is 1.68. The number of benzene rings is 2. The number of aromatic nitrogens is 1. The Bertz CT molecular complexity index is 826. The molecule has 0 amide bonds. The van der Waals surface area contributed by atoms with Gasteiger partial charge in [-0.15, -0.1) is 0 Å². The Labute approximate surface area is 133 Å². The van der Waals surface area contributed by atoms with Gasteiger partial charge in [0.05, 0.1) is 5.02 Å². The molecular weight excluding hydrogens is 361 g/mol. The number of halogens is 3. The summed E-state index contributed by atoms with van der Waals surface area (Å²) in [5.41, 5.74) is 1.88. The Morgan fingerprint density at radius 1 is 1.10 bits per heavy atom. The molecule has 20 heavy (non-hydrogen) atoms. The number of hydrogen-bond acceptors (Lipinski definition) is 1. The van der Waals surface area contributed by atoms with Crippen LogP contribution >= 0.6 is 39.1 Å². The Balaban J connectivity index is 2.16. The standard InChI is InChI=1S/C15H8BrCl2NO/c16-12-3-1-2-10(14(12)18)15(20)11-7-19-13-6-8(17)4-5-9(11)13/h1-7,19H. The van der Waals surface area contributed by atoms with Crippen LogP contribution in [0.5, 0.6) is 0 Å². The van der Waals surface area contributed by atoms with Crippen LogP contribution in [0.4, 0.5) is 0 Å². The van der Waals surface area contributed by atoms with Crippen LogP contribution < -0.4 is 0 Å². The molecule has 1 aromatic heterocycles. The molecule has 5 heteroatoms. The van der Waals surface area contributed by atoms with Crippen molar-refractivity contribution in [1.29, 1.82) is 0 Å². The van der Waals surface area contributed by atoms with Crippen molar-refractivity contribution in [1.82, 2.24) is 4.98 Å². The van der Waals surface area contributed by atoms with Gasteiger partial charge in [0.25, 0.3) is 0 Å². The molecule has 0 saturated carbocycles. The van der Waals surface area contributed by atoms with E-state index in [1.165, 1.54) is 0 Å². The molecule has 2 nitrogen and oxygen atoms in total. The quantitative estimate of drug-likeness (QED) is 0.598. The maximum Gasteiger partial charge on any atom is 0.196 e. The Hall–Kier alpha value is -1.29. The van der Waals surface area contributed by atoms with Crippen LogP contribution in [0.3, 0.4) is 0 Å². The lowest BCUT2D eigenvalue weighted by atomic mass is 10.0. The molecule has 3 rings (SSSR count). The van der Waals surface area contributed by atoms with E-state index in [9.17, 15) is 4.79 Å². The summed E-state index contributed by atoms with van der Waals surface area (Å²) in [6.45, 7) is 0. The van der Waals surface area contributed by atoms with Crippen molar-refractivity contribution in [2.45, 2.75) is 0 Å². The van der Waals surface area contributed by atoms with Gasteiger partial charge in [-0.25, -0.2) is 0 Å². The van der Waals surface area contributed by atoms with Crippen LogP contribution in [-0.2, 0) is 0 Å². The second-order valence-electron chi connectivity index (χ2n) is 4.32. The van der Waals surface area contributed by atoms with Crippen LogP contribution in [0.2, 0.25) is 10.0 Å². The first kappa shape index (κ1) is 13.7. The SMILES string of the molecule is O=C(c1cccc(Br)c1Cl)c1c[nH]c2cc(Cl)ccc12. The summed E-state index contributed by atoms with van der Waals surface area (Å²) in [6, 6.07) is 10.7. The highest BCUT2D eigenvalue weighted by atomic mass is 79.9. The lowest BCUT2D eigenvalue weighted by Gasteiger charge is -2.04. The minimum atomic E-state index is -0.120. The predicted molar refractivity (Wildman–Crippen MR) is 85.9 cm³/mol. The van der Waals surface area contributed by atoms with E-state index in [-0.39, 0.29) is 5.78 Å². The van der Waals surface area contributed by atoms with Crippen LogP contribution in [0, 0.1) is 0 Å². The molecular formula is C15H8BrCl2NO. The Kier molecular flexibility index (Phi) is 3.59. The summed E-state index contributed by atoms with van der Waals surface area (Å²) in [4.78, 5) is 15.7. The Morgan fingerprint density at radius 3 is 2.70 bits per heavy atom. The minimum absolute atomic E-state index is 0.120. The first-order valence-electron chi connectivity index (χ1n) is 5.83. The summed E-state index contributed by atoms with van der Waals surface area (Å²) >= 11 is 15.4. The van der Waals surface area contributed by atoms with E-state index >= 15 is 0 Å². The summed E-state index contributed by atoms with van der Waals surface area (Å²) < 4.78 is 0.702. The highest BCUT2D eigenvalue weighted by Gasteiger charge is 2.18. The molecule has 0 saturated heterocycles. The number of aromatic amines is 1. The topological polar surface area (TPSA) is 32.9 Å². The van der Waals surface area contributed by atoms with Gasteiger partial charge in [-0.3, -0.25) is 4.79 Å². The molecule has 0 aliphatic rings. The molecule has 0 atom stereocenters. The van der Waals surface area contributed by atoms with Gasteiger partial charge in [0, 0.05) is 37.7 Å². The third-order valence-electron chi connectivity index (χ3n) is 3.08. The zero-order valence-electron chi connectivity index (χ0n) is 10.1. The second-order valence-corrected chi connectivity index (χ2v) is 5.99. The molecule has 0 aliphatic carbocycles. The van der Waals surface area contributed by atoms with E-state index in [1.54, 1.807) is 36.5 Å². The van der Waals surface area contributed by atoms with Crippen molar-refractivity contribution in [2.24, 2.45) is 0 Å². The fourth-order valence-electron chi connectivity index (χ4n) is 2.11. The largest absolute Gasteiger partial charge is 0.360 e. The first-order valence-corrected chi connectivity index (χ1v) is 7.38. The predicted octanol–water partition coefficient (Wildman–Crippen LogP) is 5.47. The van der Waals surface area contributed by atoms with Crippen LogP contribution in [0.15, 0.2) is 47.1 Å². The first-order chi connectivity index (χ1) is 9.58. The molecule has 0 aliphatic heterocycles. The molecule has 0 unspecified atom stereocenters. The molecule has 3 aromatic rings. The zero-order chi connectivity index (χ0) is 14.3. The van der Waals surface area contributed by atoms with Gasteiger partial charge in [-0.05, 0) is 40.2 Å². The van der Waals surface area contributed by atoms with Crippen molar-refractivity contribution in [3.05, 3.63) is 68.2 Å². The molecule has 1 heterocycles. The average molecular weight is 369 g/mol. The number of ketones is 1. The van der Waals surface area contributed by atoms with E-state index in [1.807, 2.05) is 6.07 Å². The third-order valence-corrected chi connectivity index (χ3v) is 4.62. The van der Waals surface area contributed by atoms with Gasteiger partial charge in [0.2, 0.25) is 0 Å². The monoisotopic (exact) mass is 367 g/mol. The van der Waals surface area contributed by atoms with Crippen molar-refractivity contribution in [3.63, 3.8) is 0 Å². The highest BCUT2D eigenvalue weighted by molar-refractivity contribution is 9.10. The van der Waals surface area contributed by atoms with Crippen LogP contribution in [0.25, 0.3) is 10.9 Å². The lowest BCUT2D eigenvalue weighted by molar-refractivity contribution is 0.104. The maximum atomic E-state index is 12.6. The number of nitrogens with one attached hydrogen (secondary N) is 1. The minimum Gasteiger partial charge on any atom is -0.360 e. The van der Waals surface area contributed by atoms with E-state index < -0.39 is 0 Å². The van der Waals surface area contributed by atoms with Crippen LogP contribution in [0.1, 0.15) is 15.9 Å². The number of fused-ring (bicyclic) bond motifs is 1. The van der Waals surface area contributed by atoms with E-state index in [0.717, 1.165) is 10.9 Å². The fraction of sp³-hybridized carbons (Fsp3) is 0. The third kappa shape index (κ3) is 2.26. The van der Waals surface area contributed by atoms with E-state index in [4.69, 9.17) is 23.2 Å². The van der Waals surface area contributed by atoms with E-state index in [2.05, 4.69) is 20.9 Å². The number of H-pyrrole nitrogens is 1. The molecule has 0 fully saturated rings. The van der Waals surface area contributed by atoms with Crippen molar-refractivity contribution in [3.8, 4) is 0 Å². The Morgan fingerprint density at radius 2 is 1.90 bits per heavy atom. The van der Waals surface area contributed by atoms with E-state index in [0.29, 0.717) is 25.6 Å². The second kappa shape index (κ2) is 5.24. The molecule has 100 valence electrons. The number of rotatable bonds is 2. The highest BCUT2D eigenvalue weighted by Crippen LogP contribution is 2.30. The van der Waals surface area contributed by atoms with Crippen molar-refractivity contribution < 1.29 is 4.79 Å².